The van der Waals surface area contributed by atoms with Crippen molar-refractivity contribution in [2.75, 3.05) is 67.1 Å². The van der Waals surface area contributed by atoms with Crippen LogP contribution in [0, 0.1) is 41.5 Å². The van der Waals surface area contributed by atoms with E-state index in [1.165, 1.54) is 64.0 Å². The van der Waals surface area contributed by atoms with Crippen molar-refractivity contribution in [1.29, 1.82) is 0 Å². The standard InChI is InChI=1S/C48H54O6S2/c1-31-9-19-44(53-27-25-51-23-21-49-7)42(29-31)43-30-41(18-20-45(43)54-28-26-52-24-22-50-8)48-35(5)34(4)47(56-48)40-16-12-38(13-17-40)37-10-14-39(15-11-37)46-33(3)32(2)36(6)55-46/h9-20,29-30H,21-28H2,1-8H3. The third-order valence-corrected chi connectivity index (χ3v) is 13.1. The molecule has 0 spiro atoms. The molecule has 56 heavy (non-hydrogen) atoms. The molecule has 0 N–H and O–H groups in total. The first-order valence-corrected chi connectivity index (χ1v) is 20.9. The Kier molecular flexibility index (Phi) is 14.6. The largest absolute Gasteiger partial charge is 0.491 e. The molecule has 0 aliphatic carbocycles. The lowest BCUT2D eigenvalue weighted by molar-refractivity contribution is 0.0542. The fourth-order valence-corrected chi connectivity index (χ4v) is 9.18. The lowest BCUT2D eigenvalue weighted by atomic mass is 9.97. The van der Waals surface area contributed by atoms with Crippen LogP contribution in [0.25, 0.3) is 53.6 Å². The SMILES string of the molecule is COCCOCCOc1ccc(C)cc1-c1cc(-c2sc(-c3ccc(-c4ccc(-c5sc(C)c(C)c5C)cc4)cc3)c(C)c2C)ccc1OCCOCCOC. The summed E-state index contributed by atoms with van der Waals surface area (Å²) in [6, 6.07) is 30.8. The lowest BCUT2D eigenvalue weighted by Crippen LogP contribution is -2.11. The van der Waals surface area contributed by atoms with Gasteiger partial charge in [0.15, 0.2) is 0 Å². The number of rotatable bonds is 19. The number of thiophene rings is 2. The van der Waals surface area contributed by atoms with Gasteiger partial charge in [-0.2, -0.15) is 0 Å². The second-order valence-electron chi connectivity index (χ2n) is 14.0. The van der Waals surface area contributed by atoms with E-state index in [2.05, 4.69) is 120 Å². The third-order valence-electron chi connectivity index (χ3n) is 10.3. The van der Waals surface area contributed by atoms with Crippen molar-refractivity contribution in [2.24, 2.45) is 0 Å². The van der Waals surface area contributed by atoms with E-state index in [0.717, 1.165) is 33.8 Å². The maximum absolute atomic E-state index is 6.39. The number of benzene rings is 4. The second kappa shape index (κ2) is 19.7. The van der Waals surface area contributed by atoms with Crippen LogP contribution in [0.2, 0.25) is 0 Å². The van der Waals surface area contributed by atoms with Crippen LogP contribution in [0.1, 0.15) is 32.7 Å². The third kappa shape index (κ3) is 9.80. The molecule has 4 aromatic carbocycles. The molecule has 0 radical (unpaired) electrons. The Hall–Kier alpha value is -4.28. The Morgan fingerprint density at radius 3 is 1.30 bits per heavy atom. The molecule has 0 bridgehead atoms. The minimum atomic E-state index is 0.417. The van der Waals surface area contributed by atoms with Gasteiger partial charge in [-0.05, 0) is 122 Å². The number of ether oxygens (including phenoxy) is 6. The molecule has 2 heterocycles. The molecule has 6 aromatic rings. The first-order valence-electron chi connectivity index (χ1n) is 19.2. The number of hydrogen-bond donors (Lipinski definition) is 0. The zero-order valence-corrected chi connectivity index (χ0v) is 35.6. The Bertz CT molecular complexity index is 2200. The minimum Gasteiger partial charge on any atom is -0.491 e. The molecule has 0 aliphatic rings. The van der Waals surface area contributed by atoms with Crippen LogP contribution in [0.3, 0.4) is 0 Å². The first-order chi connectivity index (χ1) is 27.2. The smallest absolute Gasteiger partial charge is 0.127 e. The quantitative estimate of drug-likeness (QED) is 0.0762. The van der Waals surface area contributed by atoms with Gasteiger partial charge in [-0.1, -0.05) is 60.2 Å². The summed E-state index contributed by atoms with van der Waals surface area (Å²) in [5, 5.41) is 0. The average molecular weight is 791 g/mol. The predicted octanol–water partition coefficient (Wildman–Crippen LogP) is 12.1. The molecule has 294 valence electrons. The zero-order valence-electron chi connectivity index (χ0n) is 34.0. The van der Waals surface area contributed by atoms with Crippen LogP contribution in [0.4, 0.5) is 0 Å². The predicted molar refractivity (Wildman–Crippen MR) is 234 cm³/mol. The van der Waals surface area contributed by atoms with Crippen LogP contribution in [0.5, 0.6) is 11.5 Å². The topological polar surface area (TPSA) is 55.4 Å². The monoisotopic (exact) mass is 790 g/mol. The van der Waals surface area contributed by atoms with Crippen molar-refractivity contribution in [3.63, 3.8) is 0 Å². The molecule has 2 aromatic heterocycles. The van der Waals surface area contributed by atoms with Gasteiger partial charge < -0.3 is 28.4 Å². The molecular formula is C48H54O6S2. The summed E-state index contributed by atoms with van der Waals surface area (Å²) >= 11 is 3.72. The molecule has 0 fully saturated rings. The molecule has 0 amide bonds. The van der Waals surface area contributed by atoms with E-state index in [9.17, 15) is 0 Å². The molecule has 6 nitrogen and oxygen atoms in total. The Morgan fingerprint density at radius 1 is 0.393 bits per heavy atom. The zero-order chi connectivity index (χ0) is 39.6. The fraction of sp³-hybridized carbons (Fsp3) is 0.333. The van der Waals surface area contributed by atoms with E-state index in [1.807, 2.05) is 28.7 Å². The highest BCUT2D eigenvalue weighted by Gasteiger charge is 2.19. The van der Waals surface area contributed by atoms with Crippen LogP contribution in [0.15, 0.2) is 84.9 Å². The molecule has 0 unspecified atom stereocenters. The summed E-state index contributed by atoms with van der Waals surface area (Å²) in [6.45, 7) is 17.1. The van der Waals surface area contributed by atoms with Gasteiger partial charge in [0, 0.05) is 44.9 Å². The number of methoxy groups -OCH3 is 2. The summed E-state index contributed by atoms with van der Waals surface area (Å²) in [5.74, 6) is 1.56. The first kappa shape index (κ1) is 41.4. The molecule has 0 aliphatic heterocycles. The summed E-state index contributed by atoms with van der Waals surface area (Å²) < 4.78 is 34.3. The molecular weight excluding hydrogens is 737 g/mol. The van der Waals surface area contributed by atoms with Gasteiger partial charge in [0.2, 0.25) is 0 Å². The van der Waals surface area contributed by atoms with E-state index < -0.39 is 0 Å². The van der Waals surface area contributed by atoms with Crippen molar-refractivity contribution in [2.45, 2.75) is 41.5 Å². The fourth-order valence-electron chi connectivity index (χ4n) is 6.69. The summed E-state index contributed by atoms with van der Waals surface area (Å²) in [4.78, 5) is 5.28. The van der Waals surface area contributed by atoms with Crippen molar-refractivity contribution < 1.29 is 28.4 Å². The minimum absolute atomic E-state index is 0.417. The maximum atomic E-state index is 6.39. The molecule has 8 heteroatoms. The highest BCUT2D eigenvalue weighted by atomic mass is 32.1. The van der Waals surface area contributed by atoms with Crippen LogP contribution < -0.4 is 9.47 Å². The molecule has 6 rings (SSSR count). The number of aryl methyl sites for hydroxylation is 2. The van der Waals surface area contributed by atoms with E-state index in [0.29, 0.717) is 52.9 Å². The van der Waals surface area contributed by atoms with E-state index in [1.54, 1.807) is 14.2 Å². The Morgan fingerprint density at radius 2 is 0.804 bits per heavy atom. The van der Waals surface area contributed by atoms with Crippen LogP contribution >= 0.6 is 22.7 Å². The normalized spacial score (nSPS) is 11.4. The average Bonchev–Trinajstić information content (AvgIpc) is 3.66. The molecule has 0 saturated heterocycles. The van der Waals surface area contributed by atoms with Gasteiger partial charge in [0.25, 0.3) is 0 Å². The van der Waals surface area contributed by atoms with Crippen molar-refractivity contribution in [1.82, 2.24) is 0 Å². The van der Waals surface area contributed by atoms with Crippen molar-refractivity contribution in [3.05, 3.63) is 118 Å². The maximum Gasteiger partial charge on any atom is 0.127 e. The highest BCUT2D eigenvalue weighted by molar-refractivity contribution is 7.19. The van der Waals surface area contributed by atoms with Gasteiger partial charge in [-0.25, -0.2) is 0 Å². The van der Waals surface area contributed by atoms with Crippen molar-refractivity contribution >= 4 is 22.7 Å². The van der Waals surface area contributed by atoms with Gasteiger partial charge in [-0.3, -0.25) is 0 Å². The second-order valence-corrected chi connectivity index (χ2v) is 16.3. The molecule has 0 saturated carbocycles. The summed E-state index contributed by atoms with van der Waals surface area (Å²) in [5.41, 5.74) is 14.5. The van der Waals surface area contributed by atoms with E-state index >= 15 is 0 Å². The van der Waals surface area contributed by atoms with Crippen molar-refractivity contribution in [3.8, 4) is 65.1 Å². The Labute approximate surface area is 341 Å². The highest BCUT2D eigenvalue weighted by Crippen LogP contribution is 2.46. The van der Waals surface area contributed by atoms with E-state index in [-0.39, 0.29) is 0 Å². The van der Waals surface area contributed by atoms with Crippen LogP contribution in [-0.2, 0) is 18.9 Å². The van der Waals surface area contributed by atoms with Gasteiger partial charge in [0.1, 0.15) is 24.7 Å². The summed E-state index contributed by atoms with van der Waals surface area (Å²) in [7, 11) is 3.34. The van der Waals surface area contributed by atoms with Crippen LogP contribution in [-0.4, -0.2) is 67.1 Å². The van der Waals surface area contributed by atoms with E-state index in [4.69, 9.17) is 28.4 Å². The summed E-state index contributed by atoms with van der Waals surface area (Å²) in [6.07, 6.45) is 0. The lowest BCUT2D eigenvalue weighted by Gasteiger charge is -2.18. The van der Waals surface area contributed by atoms with Gasteiger partial charge >= 0.3 is 0 Å². The van der Waals surface area contributed by atoms with Gasteiger partial charge in [-0.15, -0.1) is 22.7 Å². The molecule has 0 atom stereocenters. The number of hydrogen-bond acceptors (Lipinski definition) is 8. The Balaban J connectivity index is 1.27. The van der Waals surface area contributed by atoms with Gasteiger partial charge in [0.05, 0.1) is 39.6 Å².